The van der Waals surface area contributed by atoms with Crippen LogP contribution >= 0.6 is 11.8 Å². The second kappa shape index (κ2) is 4.72. The molecule has 2 atom stereocenters. The minimum Gasteiger partial charge on any atom is -0.368 e. The molecule has 0 fully saturated rings. The number of carbonyl (C=O) groups excluding carboxylic acids is 1. The lowest BCUT2D eigenvalue weighted by atomic mass is 10.3. The van der Waals surface area contributed by atoms with E-state index in [1.165, 1.54) is 23.9 Å². The van der Waals surface area contributed by atoms with Crippen molar-refractivity contribution in [2.75, 3.05) is 5.32 Å². The Bertz CT molecular complexity index is 462. The Balaban J connectivity index is 2.08. The monoisotopic (exact) mass is 254 g/mol. The van der Waals surface area contributed by atoms with Crippen LogP contribution in [0.25, 0.3) is 0 Å². The summed E-state index contributed by atoms with van der Waals surface area (Å²) < 4.78 is 12.7. The molecule has 1 amide bonds. The second-order valence-corrected chi connectivity index (χ2v) is 4.66. The van der Waals surface area contributed by atoms with Gasteiger partial charge in [-0.2, -0.15) is 0 Å². The first-order valence-corrected chi connectivity index (χ1v) is 5.76. The molecule has 0 saturated carbocycles. The van der Waals surface area contributed by atoms with E-state index >= 15 is 0 Å². The van der Waals surface area contributed by atoms with E-state index in [0.717, 1.165) is 0 Å². The molecule has 1 heterocycles. The van der Waals surface area contributed by atoms with Crippen molar-refractivity contribution in [3.8, 4) is 0 Å². The number of thioether (sulfide) groups is 1. The van der Waals surface area contributed by atoms with Crippen LogP contribution < -0.4 is 16.8 Å². The summed E-state index contributed by atoms with van der Waals surface area (Å²) in [4.78, 5) is 15.1. The molecule has 1 aromatic carbocycles. The molecule has 1 aromatic rings. The summed E-state index contributed by atoms with van der Waals surface area (Å²) in [6.45, 7) is 0. The maximum absolute atomic E-state index is 12.7. The second-order valence-electron chi connectivity index (χ2n) is 3.50. The smallest absolute Gasteiger partial charge is 0.244 e. The molecule has 2 rings (SSSR count). The van der Waals surface area contributed by atoms with Gasteiger partial charge in [-0.05, 0) is 24.3 Å². The van der Waals surface area contributed by atoms with Gasteiger partial charge < -0.3 is 16.8 Å². The molecule has 0 aliphatic carbocycles. The molecule has 2 unspecified atom stereocenters. The number of aliphatic imine (C=N–C) groups is 1. The highest BCUT2D eigenvalue weighted by molar-refractivity contribution is 8.15. The molecular weight excluding hydrogens is 243 g/mol. The van der Waals surface area contributed by atoms with Crippen LogP contribution in [0.1, 0.15) is 0 Å². The molecule has 5 nitrogen and oxygen atoms in total. The van der Waals surface area contributed by atoms with Crippen molar-refractivity contribution in [2.24, 2.45) is 16.5 Å². The number of nitrogens with zero attached hydrogens (tertiary/aromatic N) is 1. The lowest BCUT2D eigenvalue weighted by Gasteiger charge is -2.06. The zero-order valence-corrected chi connectivity index (χ0v) is 9.58. The number of nitrogens with two attached hydrogens (primary N) is 2. The van der Waals surface area contributed by atoms with E-state index in [0.29, 0.717) is 10.9 Å². The third-order valence-corrected chi connectivity index (χ3v) is 3.16. The Morgan fingerprint density at radius 1 is 1.41 bits per heavy atom. The van der Waals surface area contributed by atoms with Gasteiger partial charge in [0.05, 0.1) is 5.37 Å². The van der Waals surface area contributed by atoms with Crippen LogP contribution in [0.4, 0.5) is 10.1 Å². The third-order valence-electron chi connectivity index (χ3n) is 2.20. The highest BCUT2D eigenvalue weighted by Gasteiger charge is 2.31. The van der Waals surface area contributed by atoms with E-state index in [9.17, 15) is 9.18 Å². The summed E-state index contributed by atoms with van der Waals surface area (Å²) in [6.07, 6.45) is 0. The summed E-state index contributed by atoms with van der Waals surface area (Å²) in [5.41, 5.74) is 11.5. The maximum atomic E-state index is 12.7. The number of benzene rings is 1. The molecule has 0 radical (unpaired) electrons. The fraction of sp³-hybridized carbons (Fsp3) is 0.200. The van der Waals surface area contributed by atoms with E-state index < -0.39 is 17.3 Å². The van der Waals surface area contributed by atoms with Gasteiger partial charge in [0.25, 0.3) is 0 Å². The number of primary amides is 1. The number of rotatable bonds is 2. The van der Waals surface area contributed by atoms with Crippen LogP contribution in [0, 0.1) is 5.82 Å². The molecule has 0 aromatic heterocycles. The van der Waals surface area contributed by atoms with Crippen molar-refractivity contribution < 1.29 is 9.18 Å². The summed E-state index contributed by atoms with van der Waals surface area (Å²) in [6, 6.07) is 5.08. The molecule has 0 bridgehead atoms. The van der Waals surface area contributed by atoms with E-state index in [-0.39, 0.29) is 5.82 Å². The molecule has 5 N–H and O–H groups in total. The van der Waals surface area contributed by atoms with E-state index in [1.807, 2.05) is 0 Å². The Labute approximate surface area is 101 Å². The number of nitrogens with one attached hydrogen (secondary N) is 1. The van der Waals surface area contributed by atoms with Crippen molar-refractivity contribution in [3.05, 3.63) is 30.1 Å². The molecular formula is C10H11FN4OS. The van der Waals surface area contributed by atoms with E-state index in [1.54, 1.807) is 12.1 Å². The summed E-state index contributed by atoms with van der Waals surface area (Å²) in [5.74, 6) is -0.871. The van der Waals surface area contributed by atoms with Crippen molar-refractivity contribution in [2.45, 2.75) is 11.4 Å². The zero-order chi connectivity index (χ0) is 12.4. The zero-order valence-electron chi connectivity index (χ0n) is 8.76. The minimum absolute atomic E-state index is 0.316. The molecule has 0 spiro atoms. The van der Waals surface area contributed by atoms with Gasteiger partial charge in [-0.1, -0.05) is 11.8 Å². The van der Waals surface area contributed by atoms with Crippen molar-refractivity contribution >= 4 is 28.5 Å². The summed E-state index contributed by atoms with van der Waals surface area (Å²) in [7, 11) is 0. The molecule has 0 saturated heterocycles. The predicted octanol–water partition coefficient (Wildman–Crippen LogP) is 0.479. The van der Waals surface area contributed by atoms with Gasteiger partial charge in [0.15, 0.2) is 11.2 Å². The van der Waals surface area contributed by atoms with Gasteiger partial charge in [-0.15, -0.1) is 0 Å². The Morgan fingerprint density at radius 3 is 2.59 bits per heavy atom. The van der Waals surface area contributed by atoms with Gasteiger partial charge in [0.1, 0.15) is 5.82 Å². The highest BCUT2D eigenvalue weighted by atomic mass is 32.2. The molecule has 7 heteroatoms. The quantitative estimate of drug-likeness (QED) is 0.715. The number of hydrogen-bond acceptors (Lipinski definition) is 5. The SMILES string of the molecule is NC(=O)C1N=C(Nc2ccc(F)cc2)SC1N. The van der Waals surface area contributed by atoms with Gasteiger partial charge >= 0.3 is 0 Å². The minimum atomic E-state index is -0.719. The normalized spacial score (nSPS) is 23.3. The molecule has 17 heavy (non-hydrogen) atoms. The van der Waals surface area contributed by atoms with Crippen molar-refractivity contribution in [1.29, 1.82) is 0 Å². The largest absolute Gasteiger partial charge is 0.368 e. The average molecular weight is 254 g/mol. The highest BCUT2D eigenvalue weighted by Crippen LogP contribution is 2.24. The molecule has 90 valence electrons. The molecule has 1 aliphatic heterocycles. The van der Waals surface area contributed by atoms with Gasteiger partial charge in [0.2, 0.25) is 5.91 Å². The first kappa shape index (κ1) is 11.9. The Morgan fingerprint density at radius 2 is 2.06 bits per heavy atom. The van der Waals surface area contributed by atoms with Crippen LogP contribution in [0.2, 0.25) is 0 Å². The number of anilines is 1. The standard InChI is InChI=1S/C10H11FN4OS/c11-5-1-3-6(4-2-5)14-10-15-7(8(12)16)9(13)17-10/h1-4,7,9H,13H2,(H2,12,16)(H,14,15). The molecule has 1 aliphatic rings. The number of carbonyl (C=O) groups is 1. The lowest BCUT2D eigenvalue weighted by molar-refractivity contribution is -0.119. The Hall–Kier alpha value is -1.60. The number of amidine groups is 1. The first-order chi connectivity index (χ1) is 8.06. The Kier molecular flexibility index (Phi) is 3.30. The number of amides is 1. The van der Waals surface area contributed by atoms with E-state index in [4.69, 9.17) is 11.5 Å². The van der Waals surface area contributed by atoms with Crippen molar-refractivity contribution in [3.63, 3.8) is 0 Å². The number of halogens is 1. The maximum Gasteiger partial charge on any atom is 0.244 e. The van der Waals surface area contributed by atoms with Crippen LogP contribution in [-0.4, -0.2) is 22.5 Å². The topological polar surface area (TPSA) is 93.5 Å². The lowest BCUT2D eigenvalue weighted by Crippen LogP contribution is -2.38. The average Bonchev–Trinajstić information content (AvgIpc) is 2.63. The number of hydrogen-bond donors (Lipinski definition) is 3. The fourth-order valence-corrected chi connectivity index (χ4v) is 2.30. The van der Waals surface area contributed by atoms with Crippen LogP contribution in [-0.2, 0) is 4.79 Å². The van der Waals surface area contributed by atoms with Crippen LogP contribution in [0.3, 0.4) is 0 Å². The van der Waals surface area contributed by atoms with E-state index in [2.05, 4.69) is 10.3 Å². The predicted molar refractivity (Wildman–Crippen MR) is 66.0 cm³/mol. The third kappa shape index (κ3) is 2.75. The fourth-order valence-electron chi connectivity index (χ4n) is 1.37. The summed E-state index contributed by atoms with van der Waals surface area (Å²) in [5, 5.41) is 2.97. The van der Waals surface area contributed by atoms with Gasteiger partial charge in [-0.25, -0.2) is 9.38 Å². The van der Waals surface area contributed by atoms with Gasteiger partial charge in [0, 0.05) is 5.69 Å². The van der Waals surface area contributed by atoms with Gasteiger partial charge in [-0.3, -0.25) is 4.79 Å². The van der Waals surface area contributed by atoms with Crippen molar-refractivity contribution in [1.82, 2.24) is 0 Å². The van der Waals surface area contributed by atoms with Crippen LogP contribution in [0.15, 0.2) is 29.3 Å². The summed E-state index contributed by atoms with van der Waals surface area (Å²) >= 11 is 1.22. The van der Waals surface area contributed by atoms with Crippen LogP contribution in [0.5, 0.6) is 0 Å². The first-order valence-electron chi connectivity index (χ1n) is 4.88.